The zero-order valence-electron chi connectivity index (χ0n) is 9.63. The van der Waals surface area contributed by atoms with E-state index in [-0.39, 0.29) is 5.82 Å². The minimum Gasteiger partial charge on any atom is -0.365 e. The number of piperazine rings is 1. The van der Waals surface area contributed by atoms with Gasteiger partial charge in [-0.15, -0.1) is 0 Å². The maximum Gasteiger partial charge on any atom is 0.148 e. The molecule has 1 aromatic rings. The largest absolute Gasteiger partial charge is 0.365 e. The summed E-state index contributed by atoms with van der Waals surface area (Å²) in [6.45, 7) is 5.41. The van der Waals surface area contributed by atoms with E-state index in [0.717, 1.165) is 31.7 Å². The highest BCUT2D eigenvalue weighted by Gasteiger charge is 2.20. The Labute approximate surface area is 101 Å². The number of aryl methyl sites for hydroxylation is 1. The number of benzene rings is 1. The van der Waals surface area contributed by atoms with Crippen LogP contribution in [0.4, 0.5) is 10.1 Å². The third kappa shape index (κ3) is 2.30. The molecule has 88 valence electrons. The lowest BCUT2D eigenvalue weighted by atomic mass is 10.2. The average Bonchev–Trinajstić information content (AvgIpc) is 2.19. The SMILES string of the molecule is Cc1cc(F)c(N2CCN(C)CC2)c(Cl)c1. The van der Waals surface area contributed by atoms with Crippen LogP contribution in [0.15, 0.2) is 12.1 Å². The van der Waals surface area contributed by atoms with Crippen molar-refractivity contribution in [2.75, 3.05) is 38.1 Å². The second kappa shape index (κ2) is 4.60. The maximum absolute atomic E-state index is 13.9. The van der Waals surface area contributed by atoms with Gasteiger partial charge in [0.25, 0.3) is 0 Å². The van der Waals surface area contributed by atoms with E-state index >= 15 is 0 Å². The summed E-state index contributed by atoms with van der Waals surface area (Å²) in [6, 6.07) is 3.36. The van der Waals surface area contributed by atoms with Crippen LogP contribution in [-0.4, -0.2) is 38.1 Å². The van der Waals surface area contributed by atoms with E-state index in [1.54, 1.807) is 6.07 Å². The summed E-state index contributed by atoms with van der Waals surface area (Å²) >= 11 is 6.11. The zero-order valence-corrected chi connectivity index (χ0v) is 10.4. The summed E-state index contributed by atoms with van der Waals surface area (Å²) in [7, 11) is 2.07. The summed E-state index contributed by atoms with van der Waals surface area (Å²) in [5, 5.41) is 0.516. The maximum atomic E-state index is 13.9. The predicted molar refractivity (Wildman–Crippen MR) is 65.9 cm³/mol. The number of hydrogen-bond acceptors (Lipinski definition) is 2. The molecule has 1 saturated heterocycles. The lowest BCUT2D eigenvalue weighted by Crippen LogP contribution is -2.44. The van der Waals surface area contributed by atoms with Crippen LogP contribution in [0.2, 0.25) is 5.02 Å². The molecule has 0 saturated carbocycles. The molecule has 0 amide bonds. The fraction of sp³-hybridized carbons (Fsp3) is 0.500. The molecular formula is C12H16ClFN2. The quantitative estimate of drug-likeness (QED) is 0.747. The smallest absolute Gasteiger partial charge is 0.148 e. The normalized spacial score (nSPS) is 17.9. The predicted octanol–water partition coefficient (Wildman–Crippen LogP) is 2.54. The Bertz CT molecular complexity index is 364. The minimum atomic E-state index is -0.213. The molecule has 0 N–H and O–H groups in total. The molecular weight excluding hydrogens is 227 g/mol. The fourth-order valence-electron chi connectivity index (χ4n) is 2.02. The van der Waals surface area contributed by atoms with Gasteiger partial charge >= 0.3 is 0 Å². The highest BCUT2D eigenvalue weighted by Crippen LogP contribution is 2.30. The Morgan fingerprint density at radius 2 is 1.81 bits per heavy atom. The number of anilines is 1. The Morgan fingerprint density at radius 1 is 1.19 bits per heavy atom. The molecule has 2 rings (SSSR count). The topological polar surface area (TPSA) is 6.48 Å². The first-order valence-electron chi connectivity index (χ1n) is 5.47. The van der Waals surface area contributed by atoms with E-state index in [1.807, 2.05) is 17.9 Å². The number of halogens is 2. The van der Waals surface area contributed by atoms with Crippen LogP contribution in [0.5, 0.6) is 0 Å². The summed E-state index contributed by atoms with van der Waals surface area (Å²) < 4.78 is 13.9. The molecule has 0 unspecified atom stereocenters. The standard InChI is InChI=1S/C12H16ClFN2/c1-9-7-10(13)12(11(14)8-9)16-5-3-15(2)4-6-16/h7-8H,3-6H2,1-2H3. The minimum absolute atomic E-state index is 0.213. The first-order valence-corrected chi connectivity index (χ1v) is 5.85. The summed E-state index contributed by atoms with van der Waals surface area (Å²) in [4.78, 5) is 4.26. The van der Waals surface area contributed by atoms with E-state index < -0.39 is 0 Å². The van der Waals surface area contributed by atoms with Crippen molar-refractivity contribution in [1.82, 2.24) is 4.90 Å². The van der Waals surface area contributed by atoms with Gasteiger partial charge in [0.15, 0.2) is 0 Å². The van der Waals surface area contributed by atoms with E-state index in [1.165, 1.54) is 0 Å². The summed E-state index contributed by atoms with van der Waals surface area (Å²) in [5.41, 5.74) is 1.42. The summed E-state index contributed by atoms with van der Waals surface area (Å²) in [5.74, 6) is -0.213. The van der Waals surface area contributed by atoms with Crippen LogP contribution in [0.25, 0.3) is 0 Å². The average molecular weight is 243 g/mol. The Hall–Kier alpha value is -0.800. The highest BCUT2D eigenvalue weighted by atomic mass is 35.5. The van der Waals surface area contributed by atoms with Gasteiger partial charge in [0.1, 0.15) is 5.82 Å². The molecule has 16 heavy (non-hydrogen) atoms. The van der Waals surface area contributed by atoms with Gasteiger partial charge in [0.2, 0.25) is 0 Å². The molecule has 0 spiro atoms. The van der Waals surface area contributed by atoms with Gasteiger partial charge in [-0.05, 0) is 31.7 Å². The van der Waals surface area contributed by atoms with Crippen LogP contribution in [0.1, 0.15) is 5.56 Å². The second-order valence-corrected chi connectivity index (χ2v) is 4.77. The van der Waals surface area contributed by atoms with Gasteiger partial charge in [0.05, 0.1) is 10.7 Å². The van der Waals surface area contributed by atoms with E-state index in [9.17, 15) is 4.39 Å². The summed E-state index contributed by atoms with van der Waals surface area (Å²) in [6.07, 6.45) is 0. The second-order valence-electron chi connectivity index (χ2n) is 4.37. The van der Waals surface area contributed by atoms with Gasteiger partial charge in [-0.1, -0.05) is 11.6 Å². The van der Waals surface area contributed by atoms with Gasteiger partial charge in [0, 0.05) is 26.2 Å². The van der Waals surface area contributed by atoms with E-state index in [0.29, 0.717) is 10.7 Å². The molecule has 0 aromatic heterocycles. The zero-order chi connectivity index (χ0) is 11.7. The van der Waals surface area contributed by atoms with Crippen molar-refractivity contribution in [3.8, 4) is 0 Å². The van der Waals surface area contributed by atoms with Crippen LogP contribution < -0.4 is 4.90 Å². The van der Waals surface area contributed by atoms with Crippen molar-refractivity contribution in [2.24, 2.45) is 0 Å². The molecule has 1 fully saturated rings. The third-order valence-electron chi connectivity index (χ3n) is 2.98. The Morgan fingerprint density at radius 3 is 2.38 bits per heavy atom. The van der Waals surface area contributed by atoms with Gasteiger partial charge in [-0.2, -0.15) is 0 Å². The molecule has 1 aliphatic rings. The molecule has 4 heteroatoms. The fourth-order valence-corrected chi connectivity index (χ4v) is 2.41. The first-order chi connectivity index (χ1) is 7.58. The van der Waals surface area contributed by atoms with Crippen LogP contribution in [0, 0.1) is 12.7 Å². The lowest BCUT2D eigenvalue weighted by molar-refractivity contribution is 0.311. The Kier molecular flexibility index (Phi) is 3.36. The first kappa shape index (κ1) is 11.7. The molecule has 0 atom stereocenters. The van der Waals surface area contributed by atoms with Crippen molar-refractivity contribution in [2.45, 2.75) is 6.92 Å². The van der Waals surface area contributed by atoms with Gasteiger partial charge in [-0.3, -0.25) is 0 Å². The van der Waals surface area contributed by atoms with Crippen molar-refractivity contribution < 1.29 is 4.39 Å². The van der Waals surface area contributed by atoms with E-state index in [2.05, 4.69) is 11.9 Å². The van der Waals surface area contributed by atoms with Crippen LogP contribution in [-0.2, 0) is 0 Å². The van der Waals surface area contributed by atoms with Crippen LogP contribution >= 0.6 is 11.6 Å². The molecule has 1 aliphatic heterocycles. The number of rotatable bonds is 1. The number of nitrogens with zero attached hydrogens (tertiary/aromatic N) is 2. The Balaban J connectivity index is 2.26. The van der Waals surface area contributed by atoms with Crippen molar-refractivity contribution in [3.05, 3.63) is 28.5 Å². The van der Waals surface area contributed by atoms with Crippen molar-refractivity contribution in [1.29, 1.82) is 0 Å². The van der Waals surface area contributed by atoms with Gasteiger partial charge in [-0.25, -0.2) is 4.39 Å². The van der Waals surface area contributed by atoms with Crippen molar-refractivity contribution >= 4 is 17.3 Å². The molecule has 1 aromatic carbocycles. The molecule has 0 bridgehead atoms. The lowest BCUT2D eigenvalue weighted by Gasteiger charge is -2.34. The van der Waals surface area contributed by atoms with Crippen molar-refractivity contribution in [3.63, 3.8) is 0 Å². The molecule has 2 nitrogen and oxygen atoms in total. The van der Waals surface area contributed by atoms with E-state index in [4.69, 9.17) is 11.6 Å². The number of hydrogen-bond donors (Lipinski definition) is 0. The molecule has 1 heterocycles. The number of likely N-dealkylation sites (N-methyl/N-ethyl adjacent to an activating group) is 1. The molecule has 0 radical (unpaired) electrons. The highest BCUT2D eigenvalue weighted by molar-refractivity contribution is 6.33. The third-order valence-corrected chi connectivity index (χ3v) is 3.27. The molecule has 0 aliphatic carbocycles. The van der Waals surface area contributed by atoms with Crippen LogP contribution in [0.3, 0.4) is 0 Å². The monoisotopic (exact) mass is 242 g/mol. The van der Waals surface area contributed by atoms with Gasteiger partial charge < -0.3 is 9.80 Å².